The summed E-state index contributed by atoms with van der Waals surface area (Å²) in [5.74, 6) is 0.751. The van der Waals surface area contributed by atoms with E-state index in [2.05, 4.69) is 20.8 Å². The van der Waals surface area contributed by atoms with Crippen LogP contribution in [-0.4, -0.2) is 23.3 Å². The van der Waals surface area contributed by atoms with Crippen LogP contribution in [0.2, 0.25) is 0 Å². The maximum atomic E-state index is 14.1. The molecule has 0 fully saturated rings. The Morgan fingerprint density at radius 2 is 0.432 bits per heavy atom. The zero-order valence-electron chi connectivity index (χ0n) is 56.0. The first-order valence-corrected chi connectivity index (χ1v) is 37.5. The minimum Gasteiger partial charge on any atom is -0.369 e. The number of hydrogen-bond acceptors (Lipinski definition) is 4. The van der Waals surface area contributed by atoms with Gasteiger partial charge in [-0.05, 0) is 37.5 Å². The third kappa shape index (κ3) is 60.0. The van der Waals surface area contributed by atoms with Crippen LogP contribution in [0.5, 0.6) is 0 Å². The summed E-state index contributed by atoms with van der Waals surface area (Å²) in [5.41, 5.74) is 4.91. The predicted molar refractivity (Wildman–Crippen MR) is 358 cm³/mol. The predicted octanol–water partition coefficient (Wildman–Crippen LogP) is 25.6. The van der Waals surface area contributed by atoms with Gasteiger partial charge in [0, 0.05) is 44.4 Å². The largest absolute Gasteiger partial charge is 0.369 e. The van der Waals surface area contributed by atoms with Crippen molar-refractivity contribution in [1.82, 2.24) is 0 Å². The molecule has 0 rings (SSSR count). The maximum absolute atomic E-state index is 14.1. The molecule has 2 N–H and O–H groups in total. The van der Waals surface area contributed by atoms with Crippen LogP contribution < -0.4 is 5.73 Å². The molecule has 480 valence electrons. The molecule has 0 aliphatic heterocycles. The first kappa shape index (κ1) is 79.5. The van der Waals surface area contributed by atoms with Gasteiger partial charge >= 0.3 is 0 Å². The van der Waals surface area contributed by atoms with Gasteiger partial charge in [0.2, 0.25) is 5.91 Å². The van der Waals surface area contributed by atoms with Crippen LogP contribution in [0.1, 0.15) is 451 Å². The van der Waals surface area contributed by atoms with Gasteiger partial charge in [-0.1, -0.05) is 381 Å². The highest BCUT2D eigenvalue weighted by Gasteiger charge is 2.36. The quantitative estimate of drug-likeness (QED) is 0.0614. The van der Waals surface area contributed by atoms with Crippen LogP contribution in [0.25, 0.3) is 0 Å². The molecular weight excluding hydrogens is 991 g/mol. The molecule has 1 amide bonds. The molecule has 0 heterocycles. The monoisotopic (exact) mass is 1140 g/mol. The number of carbonyl (C=O) groups excluding carboxylic acids is 4. The zero-order valence-corrected chi connectivity index (χ0v) is 56.0. The Kier molecular flexibility index (Phi) is 63.3. The molecule has 0 bridgehead atoms. The van der Waals surface area contributed by atoms with Gasteiger partial charge in [-0.25, -0.2) is 0 Å². The second kappa shape index (κ2) is 64.5. The highest BCUT2D eigenvalue weighted by atomic mass is 16.1. The summed E-state index contributed by atoms with van der Waals surface area (Å²) in [5, 5.41) is 0. The summed E-state index contributed by atoms with van der Waals surface area (Å²) in [6.45, 7) is 8.82. The van der Waals surface area contributed by atoms with Gasteiger partial charge in [-0.15, -0.1) is 0 Å². The van der Waals surface area contributed by atoms with Crippen molar-refractivity contribution >= 4 is 23.3 Å². The van der Waals surface area contributed by atoms with Crippen molar-refractivity contribution in [1.29, 1.82) is 0 Å². The fourth-order valence-electron chi connectivity index (χ4n) is 13.1. The van der Waals surface area contributed by atoms with E-state index in [0.29, 0.717) is 55.9 Å². The molecule has 0 saturated carbocycles. The maximum Gasteiger partial charge on any atom is 0.220 e. The molecule has 0 saturated heterocycles. The normalized spacial score (nSPS) is 12.2. The smallest absolute Gasteiger partial charge is 0.220 e. The van der Waals surface area contributed by atoms with Crippen molar-refractivity contribution in [2.45, 2.75) is 451 Å². The van der Waals surface area contributed by atoms with Crippen LogP contribution in [0.15, 0.2) is 0 Å². The van der Waals surface area contributed by atoms with Crippen molar-refractivity contribution in [3.63, 3.8) is 0 Å². The number of rotatable bonds is 71. The SMILES string of the molecule is CCCCCCCCCCCCCCCCCC(=O)CC(CCCCCCCCCCCCCCCC(C)C(N)=O)(CC(=O)CCCCCCCCCCCCCCCCC)CC(=O)CCCCCCCCCCCCCCCCC. The van der Waals surface area contributed by atoms with Crippen molar-refractivity contribution in [3.05, 3.63) is 0 Å². The molecular formula is C76H147NO4. The van der Waals surface area contributed by atoms with E-state index in [-0.39, 0.29) is 11.8 Å². The standard InChI is InChI=1S/C76H147NO4/c1-5-8-11-14-17-20-23-26-29-34-39-44-49-54-59-64-72(78)68-76(67-62-57-52-47-42-37-32-33-38-43-48-53-58-63-71(4)75(77)81,69-73(79)65-60-55-50-45-40-35-30-27-24-21-18-15-12-9-6-2)70-74(80)66-61-56-51-46-41-36-31-28-25-22-19-16-13-10-7-3/h71H,5-70H2,1-4H3,(H2,77,81). The lowest BCUT2D eigenvalue weighted by atomic mass is 9.69. The van der Waals surface area contributed by atoms with Crippen LogP contribution >= 0.6 is 0 Å². The molecule has 0 aromatic rings. The van der Waals surface area contributed by atoms with Crippen molar-refractivity contribution < 1.29 is 19.2 Å². The van der Waals surface area contributed by atoms with E-state index in [0.717, 1.165) is 70.6 Å². The van der Waals surface area contributed by atoms with Crippen molar-refractivity contribution in [2.24, 2.45) is 17.1 Å². The number of ketones is 3. The van der Waals surface area contributed by atoms with E-state index < -0.39 is 5.41 Å². The van der Waals surface area contributed by atoms with Crippen LogP contribution in [0.4, 0.5) is 0 Å². The number of unbranched alkanes of at least 4 members (excludes halogenated alkanes) is 54. The summed E-state index contributed by atoms with van der Waals surface area (Å²) in [7, 11) is 0. The van der Waals surface area contributed by atoms with E-state index in [9.17, 15) is 19.2 Å². The van der Waals surface area contributed by atoms with E-state index >= 15 is 0 Å². The summed E-state index contributed by atoms with van der Waals surface area (Å²) >= 11 is 0. The van der Waals surface area contributed by atoms with E-state index in [1.807, 2.05) is 6.92 Å². The topological polar surface area (TPSA) is 94.3 Å². The lowest BCUT2D eigenvalue weighted by Crippen LogP contribution is -2.31. The average molecular weight is 1140 g/mol. The van der Waals surface area contributed by atoms with Gasteiger partial charge < -0.3 is 5.73 Å². The van der Waals surface area contributed by atoms with Gasteiger partial charge in [0.05, 0.1) is 0 Å². The summed E-state index contributed by atoms with van der Waals surface area (Å²) in [6, 6.07) is 0. The van der Waals surface area contributed by atoms with Crippen LogP contribution in [0.3, 0.4) is 0 Å². The molecule has 0 aliphatic carbocycles. The Morgan fingerprint density at radius 3 is 0.630 bits per heavy atom. The van der Waals surface area contributed by atoms with Gasteiger partial charge in [0.25, 0.3) is 0 Å². The molecule has 0 spiro atoms. The molecule has 81 heavy (non-hydrogen) atoms. The molecule has 5 heteroatoms. The van der Waals surface area contributed by atoms with Gasteiger partial charge in [0.15, 0.2) is 0 Å². The van der Waals surface area contributed by atoms with Crippen LogP contribution in [0, 0.1) is 11.3 Å². The fraction of sp³-hybridized carbons (Fsp3) is 0.947. The Balaban J connectivity index is 5.35. The molecule has 0 aromatic heterocycles. The molecule has 1 unspecified atom stereocenters. The Bertz CT molecular complexity index is 1210. The van der Waals surface area contributed by atoms with E-state index in [4.69, 9.17) is 5.73 Å². The summed E-state index contributed by atoms with van der Waals surface area (Å²) in [4.78, 5) is 53.7. The fourth-order valence-corrected chi connectivity index (χ4v) is 13.1. The number of hydrogen-bond donors (Lipinski definition) is 1. The van der Waals surface area contributed by atoms with Gasteiger partial charge in [0.1, 0.15) is 17.3 Å². The van der Waals surface area contributed by atoms with E-state index in [1.165, 1.54) is 315 Å². The molecule has 0 aromatic carbocycles. The number of carbonyl (C=O) groups is 4. The number of primary amides is 1. The minimum absolute atomic E-state index is 0.000396. The van der Waals surface area contributed by atoms with E-state index in [1.54, 1.807) is 0 Å². The summed E-state index contributed by atoms with van der Waals surface area (Å²) < 4.78 is 0. The van der Waals surface area contributed by atoms with Crippen LogP contribution in [-0.2, 0) is 19.2 Å². The highest BCUT2D eigenvalue weighted by Crippen LogP contribution is 2.40. The molecule has 5 nitrogen and oxygen atoms in total. The molecule has 1 atom stereocenters. The molecule has 0 radical (unpaired) electrons. The Hall–Kier alpha value is -1.52. The lowest BCUT2D eigenvalue weighted by Gasteiger charge is -2.33. The highest BCUT2D eigenvalue weighted by molar-refractivity contribution is 5.86. The minimum atomic E-state index is -0.508. The number of Topliss-reactive ketones (excluding diaryl/α,β-unsaturated/α-hetero) is 3. The third-order valence-electron chi connectivity index (χ3n) is 18.7. The summed E-state index contributed by atoms with van der Waals surface area (Å²) in [6.07, 6.45) is 80.1. The van der Waals surface area contributed by atoms with Gasteiger partial charge in [-0.2, -0.15) is 0 Å². The average Bonchev–Trinajstić information content (AvgIpc) is 3.45. The Labute approximate surface area is 508 Å². The molecule has 0 aliphatic rings. The third-order valence-corrected chi connectivity index (χ3v) is 18.7. The first-order chi connectivity index (χ1) is 39.7. The number of nitrogens with two attached hydrogens (primary N) is 1. The second-order valence-electron chi connectivity index (χ2n) is 27.2. The van der Waals surface area contributed by atoms with Crippen molar-refractivity contribution in [3.8, 4) is 0 Å². The number of amides is 1. The van der Waals surface area contributed by atoms with Crippen molar-refractivity contribution in [2.75, 3.05) is 0 Å². The van der Waals surface area contributed by atoms with Gasteiger partial charge in [-0.3, -0.25) is 19.2 Å². The zero-order chi connectivity index (χ0) is 59.1. The Morgan fingerprint density at radius 1 is 0.259 bits per heavy atom. The second-order valence-corrected chi connectivity index (χ2v) is 27.2. The first-order valence-electron chi connectivity index (χ1n) is 37.5. The lowest BCUT2D eigenvalue weighted by molar-refractivity contribution is -0.128.